The number of aryl methyl sites for hydroxylation is 2. The van der Waals surface area contributed by atoms with Crippen LogP contribution in [0.3, 0.4) is 0 Å². The molecule has 0 spiro atoms. The smallest absolute Gasteiger partial charge is 0.181 e. The number of nitrogens with one attached hydrogen (secondary N) is 1. The topological polar surface area (TPSA) is 75.9 Å². The summed E-state index contributed by atoms with van der Waals surface area (Å²) in [6.07, 6.45) is 4.10. The third-order valence-corrected chi connectivity index (χ3v) is 6.86. The zero-order valence-corrected chi connectivity index (χ0v) is 19.2. The van der Waals surface area contributed by atoms with E-state index in [1.807, 2.05) is 16.8 Å². The molecule has 1 saturated carbocycles. The predicted octanol–water partition coefficient (Wildman–Crippen LogP) is 5.53. The quantitative estimate of drug-likeness (QED) is 0.544. The Bertz CT molecular complexity index is 1020. The summed E-state index contributed by atoms with van der Waals surface area (Å²) in [7, 11) is 0. The predicted molar refractivity (Wildman–Crippen MR) is 123 cm³/mol. The minimum absolute atomic E-state index is 0.261. The molecule has 2 aromatic carbocycles. The van der Waals surface area contributed by atoms with Gasteiger partial charge >= 0.3 is 0 Å². The minimum Gasteiger partial charge on any atom is -0.508 e. The van der Waals surface area contributed by atoms with Gasteiger partial charge < -0.3 is 10.4 Å². The van der Waals surface area contributed by atoms with Gasteiger partial charge in [0.15, 0.2) is 5.82 Å². The molecule has 3 aromatic rings. The third-order valence-electron chi connectivity index (χ3n) is 6.86. The fourth-order valence-corrected chi connectivity index (χ4v) is 4.98. The summed E-state index contributed by atoms with van der Waals surface area (Å²) >= 11 is 0. The van der Waals surface area contributed by atoms with Crippen molar-refractivity contribution in [3.05, 3.63) is 59.4 Å². The van der Waals surface area contributed by atoms with Crippen molar-refractivity contribution < 1.29 is 5.11 Å². The van der Waals surface area contributed by atoms with E-state index in [9.17, 15) is 5.11 Å². The Labute approximate surface area is 184 Å². The van der Waals surface area contributed by atoms with Crippen molar-refractivity contribution in [3.63, 3.8) is 0 Å². The highest BCUT2D eigenvalue weighted by atomic mass is 16.3. The summed E-state index contributed by atoms with van der Waals surface area (Å²) in [5.41, 5.74) is 4.21. The van der Waals surface area contributed by atoms with Crippen molar-refractivity contribution in [2.24, 2.45) is 11.3 Å². The summed E-state index contributed by atoms with van der Waals surface area (Å²) in [6.45, 7) is 11.2. The van der Waals surface area contributed by atoms with Gasteiger partial charge in [-0.3, -0.25) is 0 Å². The molecule has 0 aliphatic heterocycles. The molecule has 0 atom stereocenters. The first kappa shape index (κ1) is 21.3. The van der Waals surface area contributed by atoms with Gasteiger partial charge in [0.2, 0.25) is 0 Å². The molecule has 164 valence electrons. The van der Waals surface area contributed by atoms with Gasteiger partial charge in [-0.15, -0.1) is 5.10 Å². The molecule has 0 radical (unpaired) electrons. The lowest BCUT2D eigenvalue weighted by molar-refractivity contribution is 0.137. The highest BCUT2D eigenvalue weighted by Gasteiger charge is 2.44. The van der Waals surface area contributed by atoms with Crippen LogP contribution in [0.1, 0.15) is 63.4 Å². The molecule has 0 saturated heterocycles. The van der Waals surface area contributed by atoms with Crippen molar-refractivity contribution in [1.82, 2.24) is 20.2 Å². The van der Waals surface area contributed by atoms with Gasteiger partial charge in [-0.25, -0.2) is 0 Å². The van der Waals surface area contributed by atoms with Crippen LogP contribution in [0.5, 0.6) is 5.75 Å². The molecule has 6 heteroatoms. The molecular weight excluding hydrogens is 386 g/mol. The number of phenolic OH excluding ortho intramolecular Hbond substituents is 1. The maximum Gasteiger partial charge on any atom is 0.181 e. The van der Waals surface area contributed by atoms with E-state index in [1.54, 1.807) is 12.1 Å². The van der Waals surface area contributed by atoms with E-state index >= 15 is 0 Å². The molecule has 1 aliphatic carbocycles. The highest BCUT2D eigenvalue weighted by molar-refractivity contribution is 5.51. The van der Waals surface area contributed by atoms with Crippen LogP contribution in [0.25, 0.3) is 5.69 Å². The number of aromatic nitrogens is 4. The highest BCUT2D eigenvalue weighted by Crippen LogP contribution is 2.47. The number of nitrogens with zero attached hydrogens (tertiary/aromatic N) is 4. The first-order valence-corrected chi connectivity index (χ1v) is 11.1. The van der Waals surface area contributed by atoms with Crippen molar-refractivity contribution in [3.8, 4) is 11.4 Å². The monoisotopic (exact) mass is 419 g/mol. The molecule has 0 unspecified atom stereocenters. The van der Waals surface area contributed by atoms with Crippen LogP contribution < -0.4 is 5.32 Å². The number of para-hydroxylation sites is 1. The third kappa shape index (κ3) is 4.16. The van der Waals surface area contributed by atoms with Gasteiger partial charge in [0.25, 0.3) is 0 Å². The van der Waals surface area contributed by atoms with E-state index < -0.39 is 0 Å². The van der Waals surface area contributed by atoms with Crippen LogP contribution in [0.15, 0.2) is 42.5 Å². The summed E-state index contributed by atoms with van der Waals surface area (Å²) in [4.78, 5) is 0. The zero-order chi connectivity index (χ0) is 22.2. The van der Waals surface area contributed by atoms with E-state index in [1.165, 1.54) is 0 Å². The number of hydrogen-bond donors (Lipinski definition) is 2. The number of aromatic hydroxyl groups is 1. The molecule has 1 aliphatic rings. The summed E-state index contributed by atoms with van der Waals surface area (Å²) < 4.78 is 1.93. The van der Waals surface area contributed by atoms with Crippen LogP contribution >= 0.6 is 0 Å². The molecule has 1 aromatic heterocycles. The van der Waals surface area contributed by atoms with Crippen molar-refractivity contribution in [1.29, 1.82) is 0 Å². The number of anilines is 1. The summed E-state index contributed by atoms with van der Waals surface area (Å²) in [6, 6.07) is 13.5. The average molecular weight is 420 g/mol. The molecule has 0 bridgehead atoms. The van der Waals surface area contributed by atoms with Gasteiger partial charge in [-0.1, -0.05) is 39.0 Å². The fraction of sp³-hybridized carbons (Fsp3) is 0.480. The number of tetrazole rings is 1. The Morgan fingerprint density at radius 3 is 2.19 bits per heavy atom. The Morgan fingerprint density at radius 1 is 1.00 bits per heavy atom. The lowest BCUT2D eigenvalue weighted by Gasteiger charge is -2.44. The normalized spacial score (nSPS) is 21.8. The molecule has 1 heterocycles. The molecule has 31 heavy (non-hydrogen) atoms. The van der Waals surface area contributed by atoms with E-state index in [4.69, 9.17) is 0 Å². The van der Waals surface area contributed by atoms with Crippen LogP contribution in [0.2, 0.25) is 0 Å². The Kier molecular flexibility index (Phi) is 5.50. The number of benzene rings is 2. The van der Waals surface area contributed by atoms with E-state index in [0.717, 1.165) is 54.0 Å². The van der Waals surface area contributed by atoms with E-state index in [2.05, 4.69) is 73.7 Å². The van der Waals surface area contributed by atoms with Gasteiger partial charge in [0.1, 0.15) is 5.75 Å². The van der Waals surface area contributed by atoms with E-state index in [0.29, 0.717) is 5.92 Å². The SMILES string of the molecule is Cc1cccc(C)c1-n1nnnc1C1(Nc2ccc(O)cc2)CCC(C(C)(C)C)CC1. The minimum atomic E-state index is -0.378. The molecule has 2 N–H and O–H groups in total. The first-order chi connectivity index (χ1) is 14.7. The first-order valence-electron chi connectivity index (χ1n) is 11.1. The maximum atomic E-state index is 9.72. The lowest BCUT2D eigenvalue weighted by atomic mass is 9.67. The Balaban J connectivity index is 1.78. The molecular formula is C25H33N5O. The largest absolute Gasteiger partial charge is 0.508 e. The van der Waals surface area contributed by atoms with Gasteiger partial charge in [0.05, 0.1) is 11.2 Å². The number of phenols is 1. The molecule has 1 fully saturated rings. The van der Waals surface area contributed by atoms with Crippen LogP contribution in [-0.4, -0.2) is 25.3 Å². The van der Waals surface area contributed by atoms with Crippen LogP contribution in [0, 0.1) is 25.2 Å². The van der Waals surface area contributed by atoms with Crippen molar-refractivity contribution in [2.75, 3.05) is 5.32 Å². The van der Waals surface area contributed by atoms with Crippen LogP contribution in [-0.2, 0) is 5.54 Å². The molecule has 4 rings (SSSR count). The average Bonchev–Trinajstić information content (AvgIpc) is 3.19. The number of rotatable bonds is 4. The van der Waals surface area contributed by atoms with Crippen molar-refractivity contribution in [2.45, 2.75) is 65.8 Å². The number of hydrogen-bond acceptors (Lipinski definition) is 5. The Hall–Kier alpha value is -2.89. The summed E-state index contributed by atoms with van der Waals surface area (Å²) in [5.74, 6) is 1.77. The van der Waals surface area contributed by atoms with Crippen molar-refractivity contribution >= 4 is 5.69 Å². The Morgan fingerprint density at radius 2 is 1.61 bits per heavy atom. The standard InChI is InChI=1S/C25H33N5O/c1-17-7-6-8-18(2)22(17)30-23(27-28-29-30)25(26-20-9-11-21(31)12-10-20)15-13-19(14-16-25)24(3,4)5/h6-12,19,26,31H,13-16H2,1-5H3. The second-order valence-electron chi connectivity index (χ2n) is 10.0. The summed E-state index contributed by atoms with van der Waals surface area (Å²) in [5, 5.41) is 26.6. The van der Waals surface area contributed by atoms with Gasteiger partial charge in [-0.2, -0.15) is 4.68 Å². The lowest BCUT2D eigenvalue weighted by Crippen LogP contribution is -2.43. The second-order valence-corrected chi connectivity index (χ2v) is 10.0. The van der Waals surface area contributed by atoms with Gasteiger partial charge in [0, 0.05) is 5.69 Å². The molecule has 6 nitrogen and oxygen atoms in total. The zero-order valence-electron chi connectivity index (χ0n) is 19.2. The van der Waals surface area contributed by atoms with Gasteiger partial charge in [-0.05, 0) is 96.7 Å². The second kappa shape index (κ2) is 7.98. The molecule has 0 amide bonds. The van der Waals surface area contributed by atoms with E-state index in [-0.39, 0.29) is 16.7 Å². The maximum absolute atomic E-state index is 9.72. The van der Waals surface area contributed by atoms with Crippen LogP contribution in [0.4, 0.5) is 5.69 Å². The fourth-order valence-electron chi connectivity index (χ4n) is 4.98.